The van der Waals surface area contributed by atoms with Crippen LogP contribution < -0.4 is 21.7 Å². The number of hydrogen-bond donors (Lipinski definition) is 3. The molecule has 20 nitrogen and oxygen atoms in total. The lowest BCUT2D eigenvalue weighted by molar-refractivity contribution is -0.0619. The van der Waals surface area contributed by atoms with Gasteiger partial charge in [-0.15, -0.1) is 0 Å². The highest BCUT2D eigenvalue weighted by Crippen LogP contribution is 2.65. The number of carbonyl (C=O) groups excluding carboxylic acids is 1. The first-order valence-electron chi connectivity index (χ1n) is 18.0. The number of imidazole rings is 1. The molecule has 0 saturated carbocycles. The molecule has 3 saturated heterocycles. The van der Waals surface area contributed by atoms with E-state index in [0.29, 0.717) is 38.4 Å². The topological polar surface area (TPSA) is 261 Å². The van der Waals surface area contributed by atoms with E-state index in [1.807, 2.05) is 4.98 Å². The van der Waals surface area contributed by atoms with Crippen LogP contribution in [0.1, 0.15) is 33.9 Å². The number of Topliss-reactive ketones (excluding diaryl/α,β-unsaturated/α-hetero) is 1. The third-order valence-corrected chi connectivity index (χ3v) is 14.5. The van der Waals surface area contributed by atoms with Crippen LogP contribution in [0.2, 0.25) is 0 Å². The smallest absolute Gasteiger partial charge is 0.472 e. The number of halogens is 2. The number of nitrogens with zero attached hydrogens (tertiary/aromatic N) is 5. The van der Waals surface area contributed by atoms with Gasteiger partial charge in [-0.1, -0.05) is 24.3 Å². The minimum Gasteiger partial charge on any atom is -0.497 e. The Balaban J connectivity index is 1.06. The van der Waals surface area contributed by atoms with E-state index in [2.05, 4.69) is 15.0 Å². The number of alkyl halides is 2. The summed E-state index contributed by atoms with van der Waals surface area (Å²) in [6.45, 7) is -6.34. The summed E-state index contributed by atoms with van der Waals surface area (Å²) in [4.78, 5) is 62.1. The van der Waals surface area contributed by atoms with Crippen LogP contribution in [0.5, 0.6) is 5.75 Å². The lowest BCUT2D eigenvalue weighted by Gasteiger charge is -2.29. The number of aromatic amines is 1. The molecule has 6 heterocycles. The van der Waals surface area contributed by atoms with Crippen molar-refractivity contribution in [1.82, 2.24) is 29.1 Å². The molecule has 0 amide bonds. The van der Waals surface area contributed by atoms with Crippen molar-refractivity contribution in [1.29, 1.82) is 0 Å². The molecule has 10 atom stereocenters. The zero-order chi connectivity index (χ0) is 42.3. The van der Waals surface area contributed by atoms with Crippen molar-refractivity contribution < 1.29 is 59.9 Å². The summed E-state index contributed by atoms with van der Waals surface area (Å²) in [5.41, 5.74) is 6.01. The Morgan fingerprint density at radius 3 is 2.25 bits per heavy atom. The molecule has 0 aliphatic carbocycles. The Hall–Kier alpha value is -4.67. The summed E-state index contributed by atoms with van der Waals surface area (Å²) in [6.07, 6.45) is -11.5. The van der Waals surface area contributed by atoms with Crippen molar-refractivity contribution in [2.24, 2.45) is 0 Å². The minimum absolute atomic E-state index is 0.00936. The standard InChI is InChI=1S/C35H35F2N7O13P2S/c1-51-21-8-6-20(7-9-21)22(45)12-18-2-4-19(5-3-18)15-60-59(50)53-14-24-29(26(36)34(55-24)44-17-41-28-31(38)39-16-40-32(28)44)56-58(48,49)52-13-23-30(57-59)27(37)33(54-23)43-11-10-25(46)42-35(43)47/h2-11,16-17,23-24,26-27,29-30,33-34H,12-15H2,1H3,(H,48,49)(H2,38,39,40)(H,42,46,47)/t23-,24-,26-,27-,29-,30-,33-,34-,59?/m1/s1. The number of carbonyl (C=O) groups is 1. The van der Waals surface area contributed by atoms with Crippen LogP contribution in [0.3, 0.4) is 0 Å². The molecule has 4 N–H and O–H groups in total. The van der Waals surface area contributed by atoms with E-state index >= 15 is 8.78 Å². The first kappa shape index (κ1) is 42.0. The van der Waals surface area contributed by atoms with E-state index in [9.17, 15) is 28.4 Å². The van der Waals surface area contributed by atoms with E-state index < -0.39 is 88.3 Å². The van der Waals surface area contributed by atoms with Gasteiger partial charge in [-0.2, -0.15) is 0 Å². The maximum Gasteiger partial charge on any atom is 0.472 e. The van der Waals surface area contributed by atoms with Gasteiger partial charge >= 0.3 is 20.3 Å². The number of ether oxygens (including phenoxy) is 3. The Bertz CT molecular complexity index is 2600. The maximum atomic E-state index is 16.4. The SMILES string of the molecule is COc1ccc(C(=O)Cc2ccc(CSP3(=O)OC[C@H]4O[C@@H](n5cnc6c(N)ncnc65)[C@H](F)[C@@H]4OP(=O)(O)OC[C@H]4O[C@@H](n5ccc(=O)[nH]c5=O)[C@H](F)[C@@H]4O3)cc2)cc1. The van der Waals surface area contributed by atoms with E-state index in [0.717, 1.165) is 18.6 Å². The highest BCUT2D eigenvalue weighted by molar-refractivity contribution is 8.54. The quantitative estimate of drug-likeness (QED) is 0.140. The van der Waals surface area contributed by atoms with Crippen LogP contribution in [0.25, 0.3) is 11.2 Å². The van der Waals surface area contributed by atoms with Gasteiger partial charge < -0.3 is 24.8 Å². The predicted molar refractivity (Wildman–Crippen MR) is 207 cm³/mol. The number of aromatic nitrogens is 6. The molecule has 60 heavy (non-hydrogen) atoms. The molecule has 2 aromatic carbocycles. The number of methoxy groups -OCH3 is 1. The number of nitrogens with two attached hydrogens (primary N) is 1. The second-order valence-corrected chi connectivity index (χ2v) is 19.1. The van der Waals surface area contributed by atoms with E-state index in [4.69, 9.17) is 38.0 Å². The fourth-order valence-electron chi connectivity index (χ4n) is 6.78. The van der Waals surface area contributed by atoms with Crippen LogP contribution in [-0.2, 0) is 48.9 Å². The molecule has 318 valence electrons. The maximum absolute atomic E-state index is 16.4. The summed E-state index contributed by atoms with van der Waals surface area (Å²) >= 11 is 0.626. The van der Waals surface area contributed by atoms with Gasteiger partial charge in [-0.3, -0.25) is 41.8 Å². The van der Waals surface area contributed by atoms with E-state index in [-0.39, 0.29) is 34.9 Å². The molecule has 25 heteroatoms. The van der Waals surface area contributed by atoms with Gasteiger partial charge in [0.15, 0.2) is 42.0 Å². The second-order valence-electron chi connectivity index (χ2n) is 13.7. The van der Waals surface area contributed by atoms with Gasteiger partial charge in [0.1, 0.15) is 42.0 Å². The Morgan fingerprint density at radius 1 is 0.917 bits per heavy atom. The summed E-state index contributed by atoms with van der Waals surface area (Å²) in [5, 5.41) is 0. The van der Waals surface area contributed by atoms with Crippen molar-refractivity contribution in [3.63, 3.8) is 0 Å². The number of fused-ring (bicyclic) bond motifs is 3. The highest BCUT2D eigenvalue weighted by Gasteiger charge is 2.55. The molecule has 3 aromatic heterocycles. The Kier molecular flexibility index (Phi) is 11.9. The molecule has 2 unspecified atom stereocenters. The lowest BCUT2D eigenvalue weighted by atomic mass is 10.0. The number of ketones is 1. The van der Waals surface area contributed by atoms with Crippen LogP contribution in [0, 0.1) is 0 Å². The third-order valence-electron chi connectivity index (χ3n) is 9.81. The third kappa shape index (κ3) is 8.73. The monoisotopic (exact) mass is 893 g/mol. The van der Waals surface area contributed by atoms with Crippen molar-refractivity contribution in [3.05, 3.63) is 111 Å². The number of anilines is 1. The van der Waals surface area contributed by atoms with Gasteiger partial charge in [-0.25, -0.2) is 37.7 Å². The van der Waals surface area contributed by atoms with E-state index in [1.54, 1.807) is 48.5 Å². The lowest BCUT2D eigenvalue weighted by Crippen LogP contribution is -2.38. The van der Waals surface area contributed by atoms with Crippen molar-refractivity contribution in [2.45, 2.75) is 61.4 Å². The molecule has 5 aromatic rings. The molecule has 3 fully saturated rings. The number of rotatable bonds is 9. The van der Waals surface area contributed by atoms with Gasteiger partial charge in [0, 0.05) is 30.0 Å². The number of phosphoric ester groups is 1. The molecular formula is C35H35F2N7O13P2S. The van der Waals surface area contributed by atoms with Crippen LogP contribution in [0.4, 0.5) is 14.6 Å². The Morgan fingerprint density at radius 2 is 1.57 bits per heavy atom. The van der Waals surface area contributed by atoms with Crippen molar-refractivity contribution >= 4 is 48.8 Å². The number of hydrogen-bond acceptors (Lipinski definition) is 17. The first-order chi connectivity index (χ1) is 28.7. The van der Waals surface area contributed by atoms with Gasteiger partial charge in [0.2, 0.25) is 0 Å². The normalized spacial score (nSPS) is 30.9. The fraction of sp³-hybridized carbons (Fsp3) is 0.371. The zero-order valence-corrected chi connectivity index (χ0v) is 33.7. The molecule has 3 aliphatic heterocycles. The summed E-state index contributed by atoms with van der Waals surface area (Å²) < 4.78 is 102. The van der Waals surface area contributed by atoms with Gasteiger partial charge in [0.25, 0.3) is 5.56 Å². The zero-order valence-electron chi connectivity index (χ0n) is 31.1. The number of phosphoric acid groups is 1. The second kappa shape index (κ2) is 17.0. The van der Waals surface area contributed by atoms with Gasteiger partial charge in [0.05, 0.1) is 26.7 Å². The van der Waals surface area contributed by atoms with Crippen molar-refractivity contribution in [2.75, 3.05) is 26.1 Å². The summed E-state index contributed by atoms with van der Waals surface area (Å²) in [7, 11) is -3.70. The van der Waals surface area contributed by atoms with Gasteiger partial charge in [-0.05, 0) is 46.8 Å². The molecule has 3 aliphatic rings. The number of benzene rings is 2. The van der Waals surface area contributed by atoms with Crippen molar-refractivity contribution in [3.8, 4) is 5.75 Å². The number of nitrogen functional groups attached to an aromatic ring is 1. The summed E-state index contributed by atoms with van der Waals surface area (Å²) in [5.74, 6) is 0.402. The summed E-state index contributed by atoms with van der Waals surface area (Å²) in [6, 6.07) is 14.4. The molecule has 0 bridgehead atoms. The average Bonchev–Trinajstić information content (AvgIpc) is 3.89. The first-order valence-corrected chi connectivity index (χ1v) is 22.7. The number of nitrogens with one attached hydrogen (secondary N) is 1. The van der Waals surface area contributed by atoms with Crippen LogP contribution in [0.15, 0.2) is 83.0 Å². The molecule has 0 radical (unpaired) electrons. The fourth-order valence-corrected chi connectivity index (χ4v) is 11.1. The minimum atomic E-state index is -5.22. The highest BCUT2D eigenvalue weighted by atomic mass is 32.7. The molecule has 8 rings (SSSR count). The average molecular weight is 894 g/mol. The Labute approximate surface area is 341 Å². The largest absolute Gasteiger partial charge is 0.497 e. The van der Waals surface area contributed by atoms with E-state index in [1.165, 1.54) is 18.0 Å². The van der Waals surface area contributed by atoms with Crippen LogP contribution in [-0.4, -0.2) is 96.8 Å². The molecule has 0 spiro atoms. The predicted octanol–water partition coefficient (Wildman–Crippen LogP) is 3.82. The number of H-pyrrole nitrogens is 1. The van der Waals surface area contributed by atoms with Crippen LogP contribution >= 0.6 is 26.0 Å². The molecular weight excluding hydrogens is 858 g/mol.